The number of hydrogen-bond donors (Lipinski definition) is 0. The third kappa shape index (κ3) is 7.56. The van der Waals surface area contributed by atoms with E-state index < -0.39 is 0 Å². The molecule has 8 rings (SSSR count). The van der Waals surface area contributed by atoms with E-state index in [2.05, 4.69) is 231 Å². The third-order valence-corrected chi connectivity index (χ3v) is 10.3. The number of benzene rings is 8. The molecule has 8 aromatic carbocycles. The molecule has 0 N–H and O–H groups in total. The SMILES string of the molecule is CC(C)(C)N(c1ccc(-c2ccccc2)cc1)c1ccc(-c2cccc(CCN(c3ccc(-c4ccccc4)cc3)c3cccc4ccccc34)c2)cc1. The van der Waals surface area contributed by atoms with Crippen LogP contribution in [0.15, 0.2) is 200 Å². The molecule has 0 aliphatic heterocycles. The van der Waals surface area contributed by atoms with Crippen LogP contribution >= 0.6 is 0 Å². The van der Waals surface area contributed by atoms with E-state index in [9.17, 15) is 0 Å². The van der Waals surface area contributed by atoms with E-state index in [-0.39, 0.29) is 5.54 Å². The van der Waals surface area contributed by atoms with Crippen LogP contribution in [0.3, 0.4) is 0 Å². The van der Waals surface area contributed by atoms with Crippen molar-refractivity contribution in [3.05, 3.63) is 206 Å². The lowest BCUT2D eigenvalue weighted by Crippen LogP contribution is -2.37. The van der Waals surface area contributed by atoms with Crippen molar-refractivity contribution in [1.82, 2.24) is 0 Å². The molecule has 0 bridgehead atoms. The summed E-state index contributed by atoms with van der Waals surface area (Å²) in [5.41, 5.74) is 13.4. The topological polar surface area (TPSA) is 6.48 Å². The summed E-state index contributed by atoms with van der Waals surface area (Å²) < 4.78 is 0. The van der Waals surface area contributed by atoms with E-state index in [4.69, 9.17) is 0 Å². The molecular formula is C52H46N2. The molecule has 0 saturated carbocycles. The Morgan fingerprint density at radius 2 is 0.833 bits per heavy atom. The highest BCUT2D eigenvalue weighted by molar-refractivity contribution is 5.96. The van der Waals surface area contributed by atoms with Crippen molar-refractivity contribution in [3.8, 4) is 33.4 Å². The summed E-state index contributed by atoms with van der Waals surface area (Å²) in [7, 11) is 0. The Morgan fingerprint density at radius 1 is 0.389 bits per heavy atom. The lowest BCUT2D eigenvalue weighted by atomic mass is 9.98. The van der Waals surface area contributed by atoms with Gasteiger partial charge in [-0.05, 0) is 114 Å². The van der Waals surface area contributed by atoms with Crippen LogP contribution in [0.1, 0.15) is 26.3 Å². The lowest BCUT2D eigenvalue weighted by Gasteiger charge is -2.38. The first kappa shape index (κ1) is 34.7. The van der Waals surface area contributed by atoms with Gasteiger partial charge in [0.2, 0.25) is 0 Å². The highest BCUT2D eigenvalue weighted by atomic mass is 15.2. The average molecular weight is 699 g/mol. The molecule has 54 heavy (non-hydrogen) atoms. The van der Waals surface area contributed by atoms with Gasteiger partial charge in [0.05, 0.1) is 0 Å². The summed E-state index contributed by atoms with van der Waals surface area (Å²) in [6.07, 6.45) is 0.909. The zero-order valence-electron chi connectivity index (χ0n) is 31.4. The molecule has 0 heterocycles. The maximum atomic E-state index is 2.48. The first-order chi connectivity index (χ1) is 26.4. The molecular weight excluding hydrogens is 653 g/mol. The Balaban J connectivity index is 1.04. The van der Waals surface area contributed by atoms with Crippen LogP contribution < -0.4 is 9.80 Å². The Hall–Kier alpha value is -6.38. The highest BCUT2D eigenvalue weighted by Gasteiger charge is 2.24. The fourth-order valence-corrected chi connectivity index (χ4v) is 7.60. The van der Waals surface area contributed by atoms with Gasteiger partial charge in [-0.1, -0.05) is 158 Å². The van der Waals surface area contributed by atoms with E-state index in [0.29, 0.717) is 0 Å². The molecule has 0 amide bonds. The van der Waals surface area contributed by atoms with Crippen LogP contribution in [0, 0.1) is 0 Å². The van der Waals surface area contributed by atoms with Gasteiger partial charge in [-0.2, -0.15) is 0 Å². The van der Waals surface area contributed by atoms with Crippen molar-refractivity contribution in [2.24, 2.45) is 0 Å². The van der Waals surface area contributed by atoms with Gasteiger partial charge >= 0.3 is 0 Å². The standard InChI is InChI=1S/C52H46N2/c1-52(2,3)54(48-32-26-43(27-33-48)41-17-8-5-9-18-41)49-34-28-44(29-35-49)46-21-12-14-39(38-46)36-37-53(51-23-13-20-45-19-10-11-22-50(45)51)47-30-24-42(25-31-47)40-15-6-4-7-16-40/h4-35,38H,36-37H2,1-3H3. The van der Waals surface area contributed by atoms with Crippen LogP contribution in [-0.2, 0) is 6.42 Å². The normalized spacial score (nSPS) is 11.4. The predicted octanol–water partition coefficient (Wildman–Crippen LogP) is 14.2. The predicted molar refractivity (Wildman–Crippen MR) is 232 cm³/mol. The summed E-state index contributed by atoms with van der Waals surface area (Å²) in [4.78, 5) is 4.91. The first-order valence-electron chi connectivity index (χ1n) is 19.0. The summed E-state index contributed by atoms with van der Waals surface area (Å²) in [5.74, 6) is 0. The zero-order chi connectivity index (χ0) is 36.9. The number of fused-ring (bicyclic) bond motifs is 1. The van der Waals surface area contributed by atoms with E-state index in [1.165, 1.54) is 72.5 Å². The first-order valence-corrected chi connectivity index (χ1v) is 19.0. The molecule has 0 aliphatic rings. The second-order valence-corrected chi connectivity index (χ2v) is 15.0. The van der Waals surface area contributed by atoms with Gasteiger partial charge in [-0.25, -0.2) is 0 Å². The smallest absolute Gasteiger partial charge is 0.0490 e. The summed E-state index contributed by atoms with van der Waals surface area (Å²) in [5, 5.41) is 2.51. The average Bonchev–Trinajstić information content (AvgIpc) is 3.22. The molecule has 264 valence electrons. The monoisotopic (exact) mass is 698 g/mol. The Kier molecular flexibility index (Phi) is 9.83. The maximum absolute atomic E-state index is 2.48. The van der Waals surface area contributed by atoms with Gasteiger partial charge in [-0.15, -0.1) is 0 Å². The van der Waals surface area contributed by atoms with Crippen LogP contribution in [0.2, 0.25) is 0 Å². The fourth-order valence-electron chi connectivity index (χ4n) is 7.60. The van der Waals surface area contributed by atoms with E-state index in [1.807, 2.05) is 0 Å². The minimum atomic E-state index is -0.104. The third-order valence-electron chi connectivity index (χ3n) is 10.3. The van der Waals surface area contributed by atoms with Gasteiger partial charge < -0.3 is 9.80 Å². The van der Waals surface area contributed by atoms with Gasteiger partial charge in [0.1, 0.15) is 0 Å². The molecule has 0 spiro atoms. The van der Waals surface area contributed by atoms with Crippen molar-refractivity contribution in [2.45, 2.75) is 32.7 Å². The largest absolute Gasteiger partial charge is 0.341 e. The van der Waals surface area contributed by atoms with Gasteiger partial charge in [0.25, 0.3) is 0 Å². The van der Waals surface area contributed by atoms with E-state index in [1.54, 1.807) is 0 Å². The minimum absolute atomic E-state index is 0.104. The molecule has 0 aliphatic carbocycles. The Labute approximate surface area is 320 Å². The Bertz CT molecular complexity index is 2440. The Morgan fingerprint density at radius 3 is 1.41 bits per heavy atom. The molecule has 2 nitrogen and oxygen atoms in total. The second kappa shape index (κ2) is 15.3. The van der Waals surface area contributed by atoms with Crippen molar-refractivity contribution in [3.63, 3.8) is 0 Å². The van der Waals surface area contributed by atoms with Crippen molar-refractivity contribution < 1.29 is 0 Å². The minimum Gasteiger partial charge on any atom is -0.341 e. The molecule has 0 aromatic heterocycles. The van der Waals surface area contributed by atoms with Gasteiger partial charge in [-0.3, -0.25) is 0 Å². The molecule has 0 unspecified atom stereocenters. The molecule has 0 radical (unpaired) electrons. The number of anilines is 4. The highest BCUT2D eigenvalue weighted by Crippen LogP contribution is 2.37. The van der Waals surface area contributed by atoms with Crippen molar-refractivity contribution in [2.75, 3.05) is 16.3 Å². The fraction of sp³-hybridized carbons (Fsp3) is 0.115. The summed E-state index contributed by atoms with van der Waals surface area (Å²) in [6.45, 7) is 7.67. The molecule has 8 aromatic rings. The summed E-state index contributed by atoms with van der Waals surface area (Å²) >= 11 is 0. The number of nitrogens with zero attached hydrogens (tertiary/aromatic N) is 2. The second-order valence-electron chi connectivity index (χ2n) is 15.0. The van der Waals surface area contributed by atoms with Crippen LogP contribution in [0.25, 0.3) is 44.2 Å². The maximum Gasteiger partial charge on any atom is 0.0490 e. The zero-order valence-corrected chi connectivity index (χ0v) is 31.4. The van der Waals surface area contributed by atoms with Crippen LogP contribution in [0.4, 0.5) is 22.7 Å². The van der Waals surface area contributed by atoms with Gasteiger partial charge in [0, 0.05) is 40.2 Å². The van der Waals surface area contributed by atoms with Crippen LogP contribution in [0.5, 0.6) is 0 Å². The molecule has 2 heteroatoms. The molecule has 0 saturated heterocycles. The van der Waals surface area contributed by atoms with Crippen LogP contribution in [-0.4, -0.2) is 12.1 Å². The van der Waals surface area contributed by atoms with E-state index >= 15 is 0 Å². The number of rotatable bonds is 10. The molecule has 0 fully saturated rings. The molecule has 0 atom stereocenters. The van der Waals surface area contributed by atoms with Crippen molar-refractivity contribution in [1.29, 1.82) is 0 Å². The van der Waals surface area contributed by atoms with Crippen molar-refractivity contribution >= 4 is 33.5 Å². The quantitative estimate of drug-likeness (QED) is 0.140. The van der Waals surface area contributed by atoms with E-state index in [0.717, 1.165) is 13.0 Å². The number of hydrogen-bond acceptors (Lipinski definition) is 2. The van der Waals surface area contributed by atoms with Gasteiger partial charge in [0.15, 0.2) is 0 Å². The summed E-state index contributed by atoms with van der Waals surface area (Å²) in [6, 6.07) is 72.6. The lowest BCUT2D eigenvalue weighted by molar-refractivity contribution is 0.560.